The van der Waals surface area contributed by atoms with Crippen molar-refractivity contribution in [3.63, 3.8) is 0 Å². The van der Waals surface area contributed by atoms with Gasteiger partial charge in [-0.1, -0.05) is 13.8 Å². The molecule has 3 rings (SSSR count). The molecule has 0 atom stereocenters. The Balaban J connectivity index is 1.76. The van der Waals surface area contributed by atoms with Gasteiger partial charge in [0.15, 0.2) is 11.5 Å². The molecule has 0 aliphatic carbocycles. The molecule has 1 amide bonds. The highest BCUT2D eigenvalue weighted by Gasteiger charge is 2.23. The summed E-state index contributed by atoms with van der Waals surface area (Å²) in [5.74, 6) is 1.51. The van der Waals surface area contributed by atoms with Crippen LogP contribution in [0, 0.1) is 0 Å². The number of piperidine rings is 1. The average molecular weight is 396 g/mol. The van der Waals surface area contributed by atoms with Crippen LogP contribution in [-0.2, 0) is 7.05 Å². The number of halogens is 1. The summed E-state index contributed by atoms with van der Waals surface area (Å²) in [5, 5.41) is 17.6. The van der Waals surface area contributed by atoms with E-state index >= 15 is 0 Å². The third-order valence-electron chi connectivity index (χ3n) is 4.23. The third-order valence-corrected chi connectivity index (χ3v) is 5.04. The number of H-pyrrole nitrogens is 1. The summed E-state index contributed by atoms with van der Waals surface area (Å²) in [4.78, 5) is 17.0. The number of nitrogens with one attached hydrogen (secondary N) is 3. The van der Waals surface area contributed by atoms with E-state index in [1.54, 1.807) is 11.7 Å². The van der Waals surface area contributed by atoms with Gasteiger partial charge in [-0.05, 0) is 47.8 Å². The first-order chi connectivity index (χ1) is 11.5. The smallest absolute Gasteiger partial charge is 0.279 e. The quantitative estimate of drug-likeness (QED) is 0.735. The number of rotatable bonds is 4. The maximum absolute atomic E-state index is 12.5. The summed E-state index contributed by atoms with van der Waals surface area (Å²) in [6.07, 6.45) is 2.03. The molecule has 8 nitrogen and oxygen atoms in total. The fourth-order valence-electron chi connectivity index (χ4n) is 2.80. The first-order valence-electron chi connectivity index (χ1n) is 8.14. The lowest BCUT2D eigenvalue weighted by molar-refractivity contribution is 0.102. The summed E-state index contributed by atoms with van der Waals surface area (Å²) in [6, 6.07) is 0. The highest BCUT2D eigenvalue weighted by Crippen LogP contribution is 2.27. The molecule has 0 aromatic carbocycles. The number of hydrogen-bond acceptors (Lipinski definition) is 5. The van der Waals surface area contributed by atoms with E-state index in [0.29, 0.717) is 22.0 Å². The second kappa shape index (κ2) is 7.02. The highest BCUT2D eigenvalue weighted by atomic mass is 79.9. The normalized spacial score (nSPS) is 15.9. The molecule has 2 aromatic heterocycles. The van der Waals surface area contributed by atoms with Crippen molar-refractivity contribution < 1.29 is 4.79 Å². The Hall–Kier alpha value is -1.74. The van der Waals surface area contributed by atoms with Gasteiger partial charge < -0.3 is 5.32 Å². The summed E-state index contributed by atoms with van der Waals surface area (Å²) in [5.41, 5.74) is 1.22. The Kier molecular flexibility index (Phi) is 5.00. The van der Waals surface area contributed by atoms with E-state index in [1.807, 2.05) is 13.8 Å². The highest BCUT2D eigenvalue weighted by molar-refractivity contribution is 9.10. The monoisotopic (exact) mass is 395 g/mol. The molecule has 24 heavy (non-hydrogen) atoms. The van der Waals surface area contributed by atoms with E-state index < -0.39 is 0 Å². The topological polar surface area (TPSA) is 101 Å². The van der Waals surface area contributed by atoms with Crippen molar-refractivity contribution in [2.24, 2.45) is 7.05 Å². The standard InChI is InChI=1S/C15H22BrN7O/c1-8(2)11-10(16)12(21-20-11)14(24)19-15-18-13(22-23(15)3)9-4-6-17-7-5-9/h8-9,17H,4-7H2,1-3H3,(H,20,21)(H,18,19,22,24). The van der Waals surface area contributed by atoms with Crippen molar-refractivity contribution in [2.45, 2.75) is 38.5 Å². The minimum absolute atomic E-state index is 0.245. The molecule has 3 N–H and O–H groups in total. The minimum Gasteiger partial charge on any atom is -0.317 e. The minimum atomic E-state index is -0.308. The fraction of sp³-hybridized carbons (Fsp3) is 0.600. The lowest BCUT2D eigenvalue weighted by atomic mass is 9.98. The number of aryl methyl sites for hydroxylation is 1. The number of hydrogen-bond donors (Lipinski definition) is 3. The number of aromatic amines is 1. The van der Waals surface area contributed by atoms with E-state index in [9.17, 15) is 4.79 Å². The Morgan fingerprint density at radius 3 is 2.71 bits per heavy atom. The molecule has 0 bridgehead atoms. The molecular formula is C15H22BrN7O. The van der Waals surface area contributed by atoms with E-state index in [4.69, 9.17) is 0 Å². The second-order valence-electron chi connectivity index (χ2n) is 6.35. The van der Waals surface area contributed by atoms with Gasteiger partial charge in [-0.25, -0.2) is 4.68 Å². The van der Waals surface area contributed by atoms with Gasteiger partial charge in [0.25, 0.3) is 5.91 Å². The molecule has 3 heterocycles. The lowest BCUT2D eigenvalue weighted by Gasteiger charge is -2.19. The van der Waals surface area contributed by atoms with Crippen LogP contribution in [0.1, 0.15) is 60.5 Å². The van der Waals surface area contributed by atoms with Crippen molar-refractivity contribution in [2.75, 3.05) is 18.4 Å². The predicted octanol–water partition coefficient (Wildman–Crippen LogP) is 2.14. The number of aromatic nitrogens is 5. The first kappa shape index (κ1) is 17.1. The number of carbonyl (C=O) groups is 1. The molecule has 9 heteroatoms. The molecule has 0 spiro atoms. The summed E-state index contributed by atoms with van der Waals surface area (Å²) >= 11 is 3.45. The van der Waals surface area contributed by atoms with Crippen LogP contribution in [0.5, 0.6) is 0 Å². The number of nitrogens with zero attached hydrogens (tertiary/aromatic N) is 4. The maximum Gasteiger partial charge on any atom is 0.279 e. The van der Waals surface area contributed by atoms with E-state index in [1.165, 1.54) is 0 Å². The number of amides is 1. The molecule has 1 fully saturated rings. The molecule has 0 unspecified atom stereocenters. The molecule has 2 aromatic rings. The largest absolute Gasteiger partial charge is 0.317 e. The van der Waals surface area contributed by atoms with Gasteiger partial charge in [-0.15, -0.1) is 0 Å². The molecule has 1 saturated heterocycles. The zero-order valence-electron chi connectivity index (χ0n) is 14.1. The molecular weight excluding hydrogens is 374 g/mol. The molecule has 0 saturated carbocycles. The Bertz CT molecular complexity index is 730. The van der Waals surface area contributed by atoms with Crippen molar-refractivity contribution in [1.82, 2.24) is 30.3 Å². The fourth-order valence-corrected chi connectivity index (χ4v) is 3.62. The second-order valence-corrected chi connectivity index (χ2v) is 7.14. The SMILES string of the molecule is CC(C)c1[nH]nc(C(=O)Nc2nc(C3CCNCC3)nn2C)c1Br. The van der Waals surface area contributed by atoms with Crippen LogP contribution in [0.2, 0.25) is 0 Å². The Morgan fingerprint density at radius 1 is 1.38 bits per heavy atom. The van der Waals surface area contributed by atoms with Crippen LogP contribution in [0.3, 0.4) is 0 Å². The number of carbonyl (C=O) groups excluding carboxylic acids is 1. The third kappa shape index (κ3) is 3.36. The van der Waals surface area contributed by atoms with Crippen LogP contribution < -0.4 is 10.6 Å². The van der Waals surface area contributed by atoms with Crippen LogP contribution >= 0.6 is 15.9 Å². The number of anilines is 1. The molecule has 0 radical (unpaired) electrons. The zero-order chi connectivity index (χ0) is 17.3. The molecule has 130 valence electrons. The summed E-state index contributed by atoms with van der Waals surface area (Å²) in [6.45, 7) is 6.02. The van der Waals surface area contributed by atoms with Gasteiger partial charge in [-0.3, -0.25) is 15.2 Å². The predicted molar refractivity (Wildman–Crippen MR) is 94.2 cm³/mol. The summed E-state index contributed by atoms with van der Waals surface area (Å²) < 4.78 is 2.30. The van der Waals surface area contributed by atoms with Crippen molar-refractivity contribution in [3.05, 3.63) is 21.7 Å². The van der Waals surface area contributed by atoms with Crippen LogP contribution in [0.15, 0.2) is 4.47 Å². The van der Waals surface area contributed by atoms with Crippen LogP contribution in [-0.4, -0.2) is 44.0 Å². The van der Waals surface area contributed by atoms with Crippen LogP contribution in [0.25, 0.3) is 0 Å². The zero-order valence-corrected chi connectivity index (χ0v) is 15.6. The van der Waals surface area contributed by atoms with Gasteiger partial charge in [-0.2, -0.15) is 15.2 Å². The van der Waals surface area contributed by atoms with Gasteiger partial charge in [0.1, 0.15) is 0 Å². The van der Waals surface area contributed by atoms with Gasteiger partial charge in [0.05, 0.1) is 10.2 Å². The van der Waals surface area contributed by atoms with Gasteiger partial charge >= 0.3 is 0 Å². The molecule has 1 aliphatic heterocycles. The van der Waals surface area contributed by atoms with Crippen molar-refractivity contribution in [3.8, 4) is 0 Å². The maximum atomic E-state index is 12.5. The Morgan fingerprint density at radius 2 is 2.08 bits per heavy atom. The van der Waals surface area contributed by atoms with Gasteiger partial charge in [0, 0.05) is 13.0 Å². The average Bonchev–Trinajstić information content (AvgIpc) is 3.12. The van der Waals surface area contributed by atoms with E-state index in [2.05, 4.69) is 46.8 Å². The van der Waals surface area contributed by atoms with Crippen LogP contribution in [0.4, 0.5) is 5.95 Å². The van der Waals surface area contributed by atoms with Crippen molar-refractivity contribution in [1.29, 1.82) is 0 Å². The van der Waals surface area contributed by atoms with Crippen molar-refractivity contribution >= 4 is 27.8 Å². The van der Waals surface area contributed by atoms with E-state index in [0.717, 1.165) is 37.4 Å². The summed E-state index contributed by atoms with van der Waals surface area (Å²) in [7, 11) is 1.78. The lowest BCUT2D eigenvalue weighted by Crippen LogP contribution is -2.27. The molecule has 1 aliphatic rings. The Labute approximate surface area is 148 Å². The van der Waals surface area contributed by atoms with Gasteiger partial charge in [0.2, 0.25) is 5.95 Å². The first-order valence-corrected chi connectivity index (χ1v) is 8.93. The van der Waals surface area contributed by atoms with E-state index in [-0.39, 0.29) is 11.8 Å².